The van der Waals surface area contributed by atoms with Gasteiger partial charge in [0.1, 0.15) is 0 Å². The van der Waals surface area contributed by atoms with Gasteiger partial charge in [-0.15, -0.1) is 0 Å². The fourth-order valence-corrected chi connectivity index (χ4v) is 2.60. The number of carbonyl (C=O) groups excluding carboxylic acids is 1. The first-order valence-electron chi connectivity index (χ1n) is 7.24. The maximum atomic E-state index is 11.9. The van der Waals surface area contributed by atoms with Crippen LogP contribution in [0.15, 0.2) is 24.3 Å². The van der Waals surface area contributed by atoms with E-state index in [-0.39, 0.29) is 11.9 Å². The highest BCUT2D eigenvalue weighted by atomic mass is 16.1. The van der Waals surface area contributed by atoms with Crippen LogP contribution in [0.25, 0.3) is 0 Å². The van der Waals surface area contributed by atoms with Crippen LogP contribution in [0.5, 0.6) is 0 Å². The molecule has 3 nitrogen and oxygen atoms in total. The Morgan fingerprint density at radius 2 is 1.89 bits per heavy atom. The molecule has 2 N–H and O–H groups in total. The second-order valence-electron chi connectivity index (χ2n) is 5.56. The van der Waals surface area contributed by atoms with E-state index >= 15 is 0 Å². The van der Waals surface area contributed by atoms with Crippen LogP contribution in [0.4, 0.5) is 0 Å². The summed E-state index contributed by atoms with van der Waals surface area (Å²) >= 11 is 0. The summed E-state index contributed by atoms with van der Waals surface area (Å²) in [5.41, 5.74) is 2.39. The quantitative estimate of drug-likeness (QED) is 0.854. The molecule has 0 aliphatic heterocycles. The molecule has 0 saturated heterocycles. The van der Waals surface area contributed by atoms with Gasteiger partial charge in [0.25, 0.3) is 0 Å². The molecule has 19 heavy (non-hydrogen) atoms. The summed E-state index contributed by atoms with van der Waals surface area (Å²) in [4.78, 5) is 11.9. The molecule has 0 bridgehead atoms. The van der Waals surface area contributed by atoms with Crippen LogP contribution in [0.2, 0.25) is 0 Å². The highest BCUT2D eigenvalue weighted by Gasteiger charge is 2.16. The molecule has 0 radical (unpaired) electrons. The SMILES string of the molecule is Cc1ccc([C@H](C)NC(=O)CNC2CCCC2)cc1. The number of aryl methyl sites for hydroxylation is 1. The van der Waals surface area contributed by atoms with Crippen molar-refractivity contribution < 1.29 is 4.79 Å². The Kier molecular flexibility index (Phi) is 4.97. The molecule has 3 heteroatoms. The molecule has 2 rings (SSSR count). The zero-order chi connectivity index (χ0) is 13.7. The maximum absolute atomic E-state index is 11.9. The molecule has 0 aromatic heterocycles. The highest BCUT2D eigenvalue weighted by molar-refractivity contribution is 5.78. The van der Waals surface area contributed by atoms with E-state index < -0.39 is 0 Å². The Bertz CT molecular complexity index is 407. The van der Waals surface area contributed by atoms with Gasteiger partial charge in [0.2, 0.25) is 5.91 Å². The third-order valence-electron chi connectivity index (χ3n) is 3.86. The topological polar surface area (TPSA) is 41.1 Å². The standard InChI is InChI=1S/C16H24N2O/c1-12-7-9-14(10-8-12)13(2)18-16(19)11-17-15-5-3-4-6-15/h7-10,13,15,17H,3-6,11H2,1-2H3,(H,18,19)/t13-/m0/s1. The van der Waals surface area contributed by atoms with Crippen molar-refractivity contribution in [2.75, 3.05) is 6.54 Å². The molecule has 1 fully saturated rings. The minimum atomic E-state index is 0.0680. The van der Waals surface area contributed by atoms with Gasteiger partial charge in [-0.2, -0.15) is 0 Å². The van der Waals surface area contributed by atoms with Gasteiger partial charge in [-0.05, 0) is 32.3 Å². The van der Waals surface area contributed by atoms with Crippen molar-refractivity contribution >= 4 is 5.91 Å². The van der Waals surface area contributed by atoms with E-state index in [0.29, 0.717) is 12.6 Å². The lowest BCUT2D eigenvalue weighted by atomic mass is 10.1. The summed E-state index contributed by atoms with van der Waals surface area (Å²) in [6.45, 7) is 4.53. The van der Waals surface area contributed by atoms with Gasteiger partial charge < -0.3 is 10.6 Å². The minimum Gasteiger partial charge on any atom is -0.348 e. The van der Waals surface area contributed by atoms with Gasteiger partial charge >= 0.3 is 0 Å². The Balaban J connectivity index is 1.76. The van der Waals surface area contributed by atoms with Gasteiger partial charge in [0, 0.05) is 6.04 Å². The number of hydrogen-bond donors (Lipinski definition) is 2. The molecule has 0 heterocycles. The third kappa shape index (κ3) is 4.35. The van der Waals surface area contributed by atoms with Crippen molar-refractivity contribution in [1.82, 2.24) is 10.6 Å². The predicted molar refractivity (Wildman–Crippen MR) is 78.0 cm³/mol. The van der Waals surface area contributed by atoms with Crippen molar-refractivity contribution in [2.24, 2.45) is 0 Å². The Morgan fingerprint density at radius 1 is 1.26 bits per heavy atom. The van der Waals surface area contributed by atoms with Crippen molar-refractivity contribution in [2.45, 2.75) is 51.6 Å². The van der Waals surface area contributed by atoms with Gasteiger partial charge in [-0.3, -0.25) is 4.79 Å². The molecule has 0 unspecified atom stereocenters. The van der Waals surface area contributed by atoms with Crippen LogP contribution in [-0.4, -0.2) is 18.5 Å². The first-order valence-corrected chi connectivity index (χ1v) is 7.24. The van der Waals surface area contributed by atoms with Gasteiger partial charge in [-0.1, -0.05) is 42.7 Å². The lowest BCUT2D eigenvalue weighted by Gasteiger charge is -2.16. The summed E-state index contributed by atoms with van der Waals surface area (Å²) in [5.74, 6) is 0.0833. The number of hydrogen-bond acceptors (Lipinski definition) is 2. The maximum Gasteiger partial charge on any atom is 0.234 e. The monoisotopic (exact) mass is 260 g/mol. The van der Waals surface area contributed by atoms with Gasteiger partial charge in [-0.25, -0.2) is 0 Å². The fraction of sp³-hybridized carbons (Fsp3) is 0.562. The van der Waals surface area contributed by atoms with Crippen LogP contribution < -0.4 is 10.6 Å². The van der Waals surface area contributed by atoms with Crippen molar-refractivity contribution in [3.63, 3.8) is 0 Å². The van der Waals surface area contributed by atoms with E-state index in [1.807, 2.05) is 6.92 Å². The Morgan fingerprint density at radius 3 is 2.53 bits per heavy atom. The summed E-state index contributed by atoms with van der Waals surface area (Å²) in [6.07, 6.45) is 5.00. The molecule has 1 aliphatic rings. The van der Waals surface area contributed by atoms with E-state index in [1.54, 1.807) is 0 Å². The van der Waals surface area contributed by atoms with E-state index in [1.165, 1.54) is 31.2 Å². The number of amides is 1. The summed E-state index contributed by atoms with van der Waals surface area (Å²) in [7, 11) is 0. The van der Waals surface area contributed by atoms with Crippen LogP contribution in [0.1, 0.15) is 49.8 Å². The Labute approximate surface area is 115 Å². The smallest absolute Gasteiger partial charge is 0.234 e. The second kappa shape index (κ2) is 6.71. The normalized spacial score (nSPS) is 17.4. The zero-order valence-electron chi connectivity index (χ0n) is 11.9. The first kappa shape index (κ1) is 14.1. The van der Waals surface area contributed by atoms with Crippen molar-refractivity contribution in [3.05, 3.63) is 35.4 Å². The van der Waals surface area contributed by atoms with E-state index in [2.05, 4.69) is 41.8 Å². The molecular weight excluding hydrogens is 236 g/mol. The zero-order valence-corrected chi connectivity index (χ0v) is 11.9. The van der Waals surface area contributed by atoms with Gasteiger partial charge in [0.15, 0.2) is 0 Å². The molecule has 1 aliphatic carbocycles. The first-order chi connectivity index (χ1) is 9.15. The number of benzene rings is 1. The lowest BCUT2D eigenvalue weighted by molar-refractivity contribution is -0.121. The van der Waals surface area contributed by atoms with Crippen molar-refractivity contribution in [3.8, 4) is 0 Å². The van der Waals surface area contributed by atoms with E-state index in [0.717, 1.165) is 5.56 Å². The number of rotatable bonds is 5. The average Bonchev–Trinajstić information content (AvgIpc) is 2.90. The number of nitrogens with one attached hydrogen (secondary N) is 2. The van der Waals surface area contributed by atoms with E-state index in [9.17, 15) is 4.79 Å². The largest absolute Gasteiger partial charge is 0.348 e. The molecule has 104 valence electrons. The third-order valence-corrected chi connectivity index (χ3v) is 3.86. The molecule has 1 aromatic carbocycles. The molecule has 1 saturated carbocycles. The van der Waals surface area contributed by atoms with Crippen LogP contribution in [0, 0.1) is 6.92 Å². The summed E-state index contributed by atoms with van der Waals surface area (Å²) in [6, 6.07) is 8.91. The van der Waals surface area contributed by atoms with Crippen molar-refractivity contribution in [1.29, 1.82) is 0 Å². The van der Waals surface area contributed by atoms with Crippen LogP contribution >= 0.6 is 0 Å². The molecule has 1 atom stereocenters. The summed E-state index contributed by atoms with van der Waals surface area (Å²) < 4.78 is 0. The Hall–Kier alpha value is -1.35. The highest BCUT2D eigenvalue weighted by Crippen LogP contribution is 2.17. The molecule has 1 aromatic rings. The molecule has 1 amide bonds. The summed E-state index contributed by atoms with van der Waals surface area (Å²) in [5, 5.41) is 6.37. The second-order valence-corrected chi connectivity index (χ2v) is 5.56. The lowest BCUT2D eigenvalue weighted by Crippen LogP contribution is -2.39. The molecular formula is C16H24N2O. The van der Waals surface area contributed by atoms with Crippen LogP contribution in [0.3, 0.4) is 0 Å². The van der Waals surface area contributed by atoms with Gasteiger partial charge in [0.05, 0.1) is 12.6 Å². The van der Waals surface area contributed by atoms with Crippen LogP contribution in [-0.2, 0) is 4.79 Å². The average molecular weight is 260 g/mol. The number of carbonyl (C=O) groups is 1. The van der Waals surface area contributed by atoms with E-state index in [4.69, 9.17) is 0 Å². The molecule has 0 spiro atoms. The minimum absolute atomic E-state index is 0.0680. The fourth-order valence-electron chi connectivity index (χ4n) is 2.60. The predicted octanol–water partition coefficient (Wildman–Crippen LogP) is 2.70.